The minimum atomic E-state index is -6.15. The number of hydrogen-bond acceptors (Lipinski definition) is 2. The molecule has 0 radical (unpaired) electrons. The van der Waals surface area contributed by atoms with Crippen LogP contribution in [0.2, 0.25) is 0 Å². The Morgan fingerprint density at radius 3 is 1.32 bits per heavy atom. The van der Waals surface area contributed by atoms with Crippen LogP contribution in [0.4, 0.5) is 0 Å². The Morgan fingerprint density at radius 2 is 0.964 bits per heavy atom. The van der Waals surface area contributed by atoms with Crippen molar-refractivity contribution >= 4 is 46.7 Å². The first kappa shape index (κ1) is 42.4. The SMILES string of the molecule is CCC(C)C1=Cc2c(-c3ccccc3CC(C)C)cccc2[CH]1[Hf]([Cl])([Cl])([B](NC=O)NC=O)[CH]1C(C(C)CC)=Cc2c(-c3ccccc3CC(C)C)cccc21. The summed E-state index contributed by atoms with van der Waals surface area (Å²) in [5.74, 6) is 1.26. The van der Waals surface area contributed by atoms with Crippen molar-refractivity contribution in [3.63, 3.8) is 0 Å². The molecule has 0 saturated carbocycles. The molecule has 2 aliphatic rings. The normalized spacial score (nSPS) is 18.0. The van der Waals surface area contributed by atoms with Gasteiger partial charge in [0.25, 0.3) is 0 Å². The quantitative estimate of drug-likeness (QED) is 0.0818. The van der Waals surface area contributed by atoms with Crippen molar-refractivity contribution < 1.29 is 25.5 Å². The Kier molecular flexibility index (Phi) is 13.1. The molecule has 0 heterocycles. The molecule has 0 spiro atoms. The van der Waals surface area contributed by atoms with Crippen molar-refractivity contribution in [2.45, 2.75) is 88.4 Å². The standard InChI is InChI=1S/2C23H27.C2H3BN2O2.2ClH.Hf/c2*1-5-17(4)20-14-19-10-8-12-22(23(19)15-20)21-11-7-6-9-18(21)13-16(2)3;6-1-4-3-5-2-7;;;/h2*6-12,14-17H,5,13H2,1-4H3;1-2H,(H-,4,5,6,7);2*1H;/q;;;;;+1/p-1. The number of rotatable bonds is 17. The van der Waals surface area contributed by atoms with E-state index in [1.165, 1.54) is 33.4 Å². The van der Waals surface area contributed by atoms with Crippen LogP contribution >= 0.6 is 17.2 Å². The molecule has 0 aromatic heterocycles. The fourth-order valence-corrected chi connectivity index (χ4v) is 39.4. The number of halogens is 2. The Morgan fingerprint density at radius 1 is 0.589 bits per heavy atom. The van der Waals surface area contributed by atoms with E-state index in [9.17, 15) is 9.59 Å². The number of hydrogen-bond donors (Lipinski definition) is 2. The van der Waals surface area contributed by atoms with Gasteiger partial charge in [0.05, 0.1) is 0 Å². The zero-order valence-electron chi connectivity index (χ0n) is 34.3. The molecule has 4 nitrogen and oxygen atoms in total. The Balaban J connectivity index is 1.70. The predicted octanol–water partition coefficient (Wildman–Crippen LogP) is 12.6. The predicted molar refractivity (Wildman–Crippen MR) is 237 cm³/mol. The molecule has 2 aliphatic carbocycles. The van der Waals surface area contributed by atoms with Gasteiger partial charge in [0, 0.05) is 0 Å². The van der Waals surface area contributed by atoms with E-state index in [0.29, 0.717) is 24.7 Å². The van der Waals surface area contributed by atoms with Gasteiger partial charge in [0.15, 0.2) is 0 Å². The third-order valence-electron chi connectivity index (χ3n) is 12.5. The van der Waals surface area contributed by atoms with Crippen LogP contribution in [0.1, 0.15) is 109 Å². The van der Waals surface area contributed by atoms with E-state index in [2.05, 4.69) is 163 Å². The van der Waals surface area contributed by atoms with Crippen molar-refractivity contribution in [3.8, 4) is 22.3 Å². The van der Waals surface area contributed by atoms with Crippen molar-refractivity contribution in [1.82, 2.24) is 10.5 Å². The molecule has 6 rings (SSSR count). The summed E-state index contributed by atoms with van der Waals surface area (Å²) in [5, 5.41) is 6.09. The molecular weight excluding hydrogens is 897 g/mol. The molecule has 0 saturated heterocycles. The fourth-order valence-electron chi connectivity index (χ4n) is 9.68. The second-order valence-electron chi connectivity index (χ2n) is 17.1. The molecule has 8 heteroatoms. The summed E-state index contributed by atoms with van der Waals surface area (Å²) in [6, 6.07) is 30.5. The summed E-state index contributed by atoms with van der Waals surface area (Å²) < 4.78 is -1.75. The van der Waals surface area contributed by atoms with Gasteiger partial charge in [-0.05, 0) is 0 Å². The zero-order chi connectivity index (χ0) is 40.4. The van der Waals surface area contributed by atoms with E-state index in [4.69, 9.17) is 17.2 Å². The summed E-state index contributed by atoms with van der Waals surface area (Å²) in [6.07, 6.45) is 9.71. The van der Waals surface area contributed by atoms with Gasteiger partial charge in [-0.2, -0.15) is 0 Å². The second-order valence-corrected chi connectivity index (χ2v) is 47.6. The minimum absolute atomic E-state index is 0.137. The topological polar surface area (TPSA) is 58.2 Å². The first-order valence-electron chi connectivity index (χ1n) is 20.6. The van der Waals surface area contributed by atoms with E-state index < -0.39 is 27.8 Å². The van der Waals surface area contributed by atoms with Gasteiger partial charge in [-0.1, -0.05) is 0 Å². The number of benzene rings is 4. The van der Waals surface area contributed by atoms with Crippen molar-refractivity contribution in [2.24, 2.45) is 23.7 Å². The van der Waals surface area contributed by atoms with Crippen LogP contribution in [0.5, 0.6) is 0 Å². The van der Waals surface area contributed by atoms with E-state index in [0.717, 1.165) is 59.1 Å². The summed E-state index contributed by atoms with van der Waals surface area (Å²) in [5.41, 5.74) is 14.1. The molecule has 293 valence electrons. The van der Waals surface area contributed by atoms with Crippen LogP contribution in [0.25, 0.3) is 34.4 Å². The number of fused-ring (bicyclic) bond motifs is 2. The maximum atomic E-state index is 12.7. The average molecular weight is 955 g/mol. The molecule has 56 heavy (non-hydrogen) atoms. The van der Waals surface area contributed by atoms with Crippen LogP contribution in [-0.2, 0) is 38.3 Å². The zero-order valence-corrected chi connectivity index (χ0v) is 39.4. The molecule has 4 aromatic carbocycles. The Labute approximate surface area is 344 Å². The van der Waals surface area contributed by atoms with Gasteiger partial charge < -0.3 is 0 Å². The molecule has 4 atom stereocenters. The van der Waals surface area contributed by atoms with Gasteiger partial charge in [-0.15, -0.1) is 0 Å². The van der Waals surface area contributed by atoms with Crippen molar-refractivity contribution in [1.29, 1.82) is 0 Å². The first-order chi connectivity index (χ1) is 26.8. The summed E-state index contributed by atoms with van der Waals surface area (Å²) >= 11 is -6.15. The van der Waals surface area contributed by atoms with Gasteiger partial charge in [-0.25, -0.2) is 0 Å². The van der Waals surface area contributed by atoms with E-state index in [-0.39, 0.29) is 11.8 Å². The van der Waals surface area contributed by atoms with Gasteiger partial charge in [-0.3, -0.25) is 0 Å². The van der Waals surface area contributed by atoms with Crippen LogP contribution in [0, 0.1) is 23.7 Å². The number of carbonyl (C=O) groups is 2. The first-order valence-corrected chi connectivity index (χ1v) is 35.7. The van der Waals surface area contributed by atoms with E-state index in [1.807, 2.05) is 0 Å². The van der Waals surface area contributed by atoms with Gasteiger partial charge >= 0.3 is 346 Å². The molecule has 0 bridgehead atoms. The molecule has 0 fully saturated rings. The van der Waals surface area contributed by atoms with Crippen LogP contribution in [-0.4, -0.2) is 17.4 Å². The summed E-state index contributed by atoms with van der Waals surface area (Å²) in [6.45, 7) is 18.0. The summed E-state index contributed by atoms with van der Waals surface area (Å²) in [7, 11) is 17.7. The second kappa shape index (κ2) is 17.4. The van der Waals surface area contributed by atoms with Crippen molar-refractivity contribution in [3.05, 3.63) is 129 Å². The maximum absolute atomic E-state index is 12.7. The van der Waals surface area contributed by atoms with Crippen molar-refractivity contribution in [2.75, 3.05) is 0 Å². The number of allylic oxidation sites excluding steroid dienone is 2. The fraction of sp³-hybridized carbons (Fsp3) is 0.375. The molecular formula is C48H58BCl2HfN2O2. The number of nitrogens with one attached hydrogen (secondary N) is 2. The molecule has 4 unspecified atom stereocenters. The monoisotopic (exact) mass is 955 g/mol. The molecule has 2 N–H and O–H groups in total. The Hall–Kier alpha value is -3.18. The summed E-state index contributed by atoms with van der Waals surface area (Å²) in [4.78, 5) is 25.4. The van der Waals surface area contributed by atoms with Gasteiger partial charge in [0.2, 0.25) is 0 Å². The van der Waals surface area contributed by atoms with E-state index in [1.54, 1.807) is 0 Å². The molecule has 2 amide bonds. The van der Waals surface area contributed by atoms with E-state index >= 15 is 0 Å². The average Bonchev–Trinajstić information content (AvgIpc) is 3.79. The van der Waals surface area contributed by atoms with Crippen LogP contribution in [0.3, 0.4) is 0 Å². The number of amides is 2. The van der Waals surface area contributed by atoms with Crippen LogP contribution < -0.4 is 10.5 Å². The van der Waals surface area contributed by atoms with Crippen LogP contribution in [0.15, 0.2) is 96.1 Å². The number of carbonyl (C=O) groups excluding carboxylic acids is 2. The molecule has 4 aromatic rings. The van der Waals surface area contributed by atoms with Gasteiger partial charge in [0.1, 0.15) is 0 Å². The molecule has 0 aliphatic heterocycles. The Bertz CT molecular complexity index is 2010. The third kappa shape index (κ3) is 7.60. The third-order valence-corrected chi connectivity index (χ3v) is 41.0.